The van der Waals surface area contributed by atoms with Gasteiger partial charge in [0.05, 0.1) is 18.5 Å². The minimum absolute atomic E-state index is 0.170. The van der Waals surface area contributed by atoms with E-state index in [1.165, 1.54) is 0 Å². The smallest absolute Gasteiger partial charge is 0.307 e. The van der Waals surface area contributed by atoms with E-state index >= 15 is 0 Å². The summed E-state index contributed by atoms with van der Waals surface area (Å²) in [6.07, 6.45) is 1.90. The van der Waals surface area contributed by atoms with Gasteiger partial charge >= 0.3 is 5.97 Å². The summed E-state index contributed by atoms with van der Waals surface area (Å²) in [6, 6.07) is 9.26. The normalized spacial score (nSPS) is 12.3. The molecule has 2 N–H and O–H groups in total. The SMILES string of the molecule is CCOC(=O)C[C@@H](N)c1cccc2cccnc12. The molecule has 4 nitrogen and oxygen atoms in total. The number of pyridine rings is 1. The molecule has 1 heterocycles. The molecule has 94 valence electrons. The first-order chi connectivity index (χ1) is 8.72. The van der Waals surface area contributed by atoms with E-state index in [1.54, 1.807) is 13.1 Å². The highest BCUT2D eigenvalue weighted by atomic mass is 16.5. The average molecular weight is 244 g/mol. The fourth-order valence-corrected chi connectivity index (χ4v) is 1.94. The van der Waals surface area contributed by atoms with Gasteiger partial charge in [-0.2, -0.15) is 0 Å². The molecule has 0 amide bonds. The monoisotopic (exact) mass is 244 g/mol. The van der Waals surface area contributed by atoms with Crippen molar-refractivity contribution in [3.63, 3.8) is 0 Å². The molecule has 1 aromatic carbocycles. The zero-order chi connectivity index (χ0) is 13.0. The number of esters is 1. The van der Waals surface area contributed by atoms with E-state index in [9.17, 15) is 4.79 Å². The van der Waals surface area contributed by atoms with E-state index in [1.807, 2.05) is 30.3 Å². The van der Waals surface area contributed by atoms with Crippen LogP contribution in [0.4, 0.5) is 0 Å². The molecule has 2 rings (SSSR count). The largest absolute Gasteiger partial charge is 0.466 e. The molecule has 0 unspecified atom stereocenters. The molecular weight excluding hydrogens is 228 g/mol. The van der Waals surface area contributed by atoms with Gasteiger partial charge < -0.3 is 10.5 Å². The van der Waals surface area contributed by atoms with Crippen molar-refractivity contribution in [3.05, 3.63) is 42.1 Å². The third kappa shape index (κ3) is 2.65. The maximum atomic E-state index is 11.4. The van der Waals surface area contributed by atoms with Crippen molar-refractivity contribution in [1.82, 2.24) is 4.98 Å². The van der Waals surface area contributed by atoms with E-state index < -0.39 is 0 Å². The highest BCUT2D eigenvalue weighted by Crippen LogP contribution is 2.23. The van der Waals surface area contributed by atoms with E-state index in [0.29, 0.717) is 6.61 Å². The van der Waals surface area contributed by atoms with Crippen molar-refractivity contribution in [2.24, 2.45) is 5.73 Å². The zero-order valence-electron chi connectivity index (χ0n) is 10.3. The molecule has 0 bridgehead atoms. The van der Waals surface area contributed by atoms with Gasteiger partial charge in [0, 0.05) is 17.6 Å². The van der Waals surface area contributed by atoms with Crippen LogP contribution in [0.3, 0.4) is 0 Å². The maximum absolute atomic E-state index is 11.4. The molecule has 18 heavy (non-hydrogen) atoms. The quantitative estimate of drug-likeness (QED) is 0.837. The fourth-order valence-electron chi connectivity index (χ4n) is 1.94. The van der Waals surface area contributed by atoms with Crippen molar-refractivity contribution < 1.29 is 9.53 Å². The highest BCUT2D eigenvalue weighted by Gasteiger charge is 2.15. The van der Waals surface area contributed by atoms with Gasteiger partial charge in [0.1, 0.15) is 0 Å². The topological polar surface area (TPSA) is 65.2 Å². The first kappa shape index (κ1) is 12.5. The van der Waals surface area contributed by atoms with E-state index in [2.05, 4.69) is 4.98 Å². The van der Waals surface area contributed by atoms with Gasteiger partial charge in [-0.3, -0.25) is 9.78 Å². The summed E-state index contributed by atoms with van der Waals surface area (Å²) in [4.78, 5) is 15.8. The number of nitrogens with two attached hydrogens (primary N) is 1. The van der Waals surface area contributed by atoms with Gasteiger partial charge in [0.2, 0.25) is 0 Å². The number of para-hydroxylation sites is 1. The molecule has 0 saturated carbocycles. The second-order valence-corrected chi connectivity index (χ2v) is 4.04. The lowest BCUT2D eigenvalue weighted by Crippen LogP contribution is -2.17. The Balaban J connectivity index is 2.27. The van der Waals surface area contributed by atoms with Gasteiger partial charge in [-0.15, -0.1) is 0 Å². The minimum Gasteiger partial charge on any atom is -0.466 e. The Morgan fingerprint density at radius 1 is 1.39 bits per heavy atom. The highest BCUT2D eigenvalue weighted by molar-refractivity contribution is 5.82. The van der Waals surface area contributed by atoms with Crippen LogP contribution in [0.5, 0.6) is 0 Å². The fraction of sp³-hybridized carbons (Fsp3) is 0.286. The van der Waals surface area contributed by atoms with Crippen LogP contribution in [0.1, 0.15) is 24.9 Å². The van der Waals surface area contributed by atoms with E-state index in [0.717, 1.165) is 16.5 Å². The van der Waals surface area contributed by atoms with E-state index in [-0.39, 0.29) is 18.4 Å². The van der Waals surface area contributed by atoms with Crippen molar-refractivity contribution >= 4 is 16.9 Å². The van der Waals surface area contributed by atoms with Crippen LogP contribution in [0.25, 0.3) is 10.9 Å². The minimum atomic E-state index is -0.386. The Kier molecular flexibility index (Phi) is 3.89. The molecule has 0 saturated heterocycles. The number of carbonyl (C=O) groups is 1. The number of rotatable bonds is 4. The number of carbonyl (C=O) groups excluding carboxylic acids is 1. The first-order valence-electron chi connectivity index (χ1n) is 5.97. The number of benzene rings is 1. The Hall–Kier alpha value is -1.94. The Morgan fingerprint density at radius 2 is 2.17 bits per heavy atom. The van der Waals surface area contributed by atoms with Crippen LogP contribution in [0.15, 0.2) is 36.5 Å². The lowest BCUT2D eigenvalue weighted by atomic mass is 10.0. The predicted molar refractivity (Wildman–Crippen MR) is 69.9 cm³/mol. The molecule has 2 aromatic rings. The van der Waals surface area contributed by atoms with Crippen LogP contribution in [0.2, 0.25) is 0 Å². The number of hydrogen-bond acceptors (Lipinski definition) is 4. The second-order valence-electron chi connectivity index (χ2n) is 4.04. The predicted octanol–water partition coefficient (Wildman–Crippen LogP) is 2.19. The molecule has 0 aliphatic carbocycles. The summed E-state index contributed by atoms with van der Waals surface area (Å²) < 4.78 is 4.91. The summed E-state index contributed by atoms with van der Waals surface area (Å²) in [5.41, 5.74) is 7.77. The number of ether oxygens (including phenoxy) is 1. The Bertz CT molecular complexity index is 549. The number of hydrogen-bond donors (Lipinski definition) is 1. The van der Waals surface area contributed by atoms with Crippen LogP contribution in [-0.2, 0) is 9.53 Å². The summed E-state index contributed by atoms with van der Waals surface area (Å²) in [5, 5.41) is 1.02. The Morgan fingerprint density at radius 3 is 2.94 bits per heavy atom. The standard InChI is InChI=1S/C14H16N2O2/c1-2-18-13(17)9-12(15)11-7-3-5-10-6-4-8-16-14(10)11/h3-8,12H,2,9,15H2,1H3/t12-/m1/s1. The van der Waals surface area contributed by atoms with Gasteiger partial charge in [0.15, 0.2) is 0 Å². The lowest BCUT2D eigenvalue weighted by Gasteiger charge is -2.13. The summed E-state index contributed by atoms with van der Waals surface area (Å²) in [6.45, 7) is 2.15. The molecule has 0 radical (unpaired) electrons. The van der Waals surface area contributed by atoms with Crippen LogP contribution in [-0.4, -0.2) is 17.6 Å². The van der Waals surface area contributed by atoms with Crippen molar-refractivity contribution in [1.29, 1.82) is 0 Å². The van der Waals surface area contributed by atoms with Crippen molar-refractivity contribution in [2.75, 3.05) is 6.61 Å². The van der Waals surface area contributed by atoms with Crippen molar-refractivity contribution in [3.8, 4) is 0 Å². The maximum Gasteiger partial charge on any atom is 0.307 e. The summed E-state index contributed by atoms with van der Waals surface area (Å²) in [5.74, 6) is -0.280. The molecule has 0 aliphatic heterocycles. The van der Waals surface area contributed by atoms with Crippen LogP contribution in [0, 0.1) is 0 Å². The van der Waals surface area contributed by atoms with Crippen molar-refractivity contribution in [2.45, 2.75) is 19.4 Å². The van der Waals surface area contributed by atoms with E-state index in [4.69, 9.17) is 10.5 Å². The molecule has 0 spiro atoms. The third-order valence-corrected chi connectivity index (χ3v) is 2.76. The molecular formula is C14H16N2O2. The Labute approximate surface area is 106 Å². The molecule has 4 heteroatoms. The zero-order valence-corrected chi connectivity index (χ0v) is 10.3. The van der Waals surface area contributed by atoms with Gasteiger partial charge in [-0.25, -0.2) is 0 Å². The first-order valence-corrected chi connectivity index (χ1v) is 5.97. The molecule has 0 fully saturated rings. The number of aromatic nitrogens is 1. The third-order valence-electron chi connectivity index (χ3n) is 2.76. The second kappa shape index (κ2) is 5.60. The van der Waals surface area contributed by atoms with Gasteiger partial charge in [-0.1, -0.05) is 24.3 Å². The lowest BCUT2D eigenvalue weighted by molar-refractivity contribution is -0.143. The molecule has 0 aliphatic rings. The number of nitrogens with zero attached hydrogens (tertiary/aromatic N) is 1. The molecule has 1 aromatic heterocycles. The van der Waals surface area contributed by atoms with Gasteiger partial charge in [-0.05, 0) is 18.6 Å². The van der Waals surface area contributed by atoms with Gasteiger partial charge in [0.25, 0.3) is 0 Å². The van der Waals surface area contributed by atoms with Crippen LogP contribution >= 0.6 is 0 Å². The average Bonchev–Trinajstić information content (AvgIpc) is 2.38. The molecule has 1 atom stereocenters. The summed E-state index contributed by atoms with van der Waals surface area (Å²) >= 11 is 0. The number of fused-ring (bicyclic) bond motifs is 1. The summed E-state index contributed by atoms with van der Waals surface area (Å²) in [7, 11) is 0. The van der Waals surface area contributed by atoms with Crippen LogP contribution < -0.4 is 5.73 Å².